The lowest BCUT2D eigenvalue weighted by atomic mass is 9.82. The SMILES string of the molecule is C[Si](C)(C)[C@]12C[C@@H]3CCC[C@@]3(O1)c1ccccc1C2=O. The van der Waals surface area contributed by atoms with Gasteiger partial charge in [0.1, 0.15) is 5.22 Å². The van der Waals surface area contributed by atoms with Gasteiger partial charge in [-0.1, -0.05) is 43.9 Å². The summed E-state index contributed by atoms with van der Waals surface area (Å²) in [6.45, 7) is 6.86. The summed E-state index contributed by atoms with van der Waals surface area (Å²) in [5.74, 6) is 0.814. The third-order valence-corrected chi connectivity index (χ3v) is 8.81. The van der Waals surface area contributed by atoms with Crippen molar-refractivity contribution in [2.24, 2.45) is 5.92 Å². The Morgan fingerprint density at radius 1 is 1.25 bits per heavy atom. The molecule has 0 amide bonds. The molecule has 1 aromatic carbocycles. The van der Waals surface area contributed by atoms with E-state index in [9.17, 15) is 4.79 Å². The second kappa shape index (κ2) is 3.63. The molecular weight excluding hydrogens is 264 g/mol. The van der Waals surface area contributed by atoms with Crippen LogP contribution in [0.5, 0.6) is 0 Å². The fourth-order valence-electron chi connectivity index (χ4n) is 4.77. The van der Waals surface area contributed by atoms with Crippen LogP contribution in [0.2, 0.25) is 19.6 Å². The minimum atomic E-state index is -1.74. The van der Waals surface area contributed by atoms with Gasteiger partial charge in [0.05, 0.1) is 13.7 Å². The van der Waals surface area contributed by atoms with Crippen LogP contribution in [0.1, 0.15) is 41.6 Å². The van der Waals surface area contributed by atoms with E-state index in [0.29, 0.717) is 5.92 Å². The molecule has 3 atom stereocenters. The topological polar surface area (TPSA) is 26.3 Å². The highest BCUT2D eigenvalue weighted by atomic mass is 28.3. The van der Waals surface area contributed by atoms with Gasteiger partial charge in [-0.3, -0.25) is 4.79 Å². The summed E-state index contributed by atoms with van der Waals surface area (Å²) in [7, 11) is -1.74. The van der Waals surface area contributed by atoms with Crippen LogP contribution in [0.25, 0.3) is 0 Å². The summed E-state index contributed by atoms with van der Waals surface area (Å²) in [5, 5.41) is -0.480. The van der Waals surface area contributed by atoms with Crippen molar-refractivity contribution in [3.05, 3.63) is 35.4 Å². The molecule has 1 aromatic rings. The van der Waals surface area contributed by atoms with Crippen molar-refractivity contribution in [1.29, 1.82) is 0 Å². The first-order valence-electron chi connectivity index (χ1n) is 7.75. The number of rotatable bonds is 1. The number of carbonyl (C=O) groups excluding carboxylic acids is 1. The van der Waals surface area contributed by atoms with Gasteiger partial charge in [0.2, 0.25) is 0 Å². The molecule has 0 aromatic heterocycles. The van der Waals surface area contributed by atoms with E-state index in [1.54, 1.807) is 0 Å². The lowest BCUT2D eigenvalue weighted by Gasteiger charge is -2.45. The zero-order valence-corrected chi connectivity index (χ0v) is 13.5. The van der Waals surface area contributed by atoms with Crippen LogP contribution < -0.4 is 0 Å². The third kappa shape index (κ3) is 1.26. The van der Waals surface area contributed by atoms with E-state index < -0.39 is 13.3 Å². The largest absolute Gasteiger partial charge is 0.359 e. The number of fused-ring (bicyclic) bond motifs is 2. The van der Waals surface area contributed by atoms with Gasteiger partial charge in [-0.25, -0.2) is 0 Å². The maximum Gasteiger partial charge on any atom is 0.191 e. The van der Waals surface area contributed by atoms with Gasteiger partial charge in [0, 0.05) is 5.56 Å². The predicted molar refractivity (Wildman–Crippen MR) is 81.6 cm³/mol. The van der Waals surface area contributed by atoms with Crippen molar-refractivity contribution in [3.8, 4) is 0 Å². The van der Waals surface area contributed by atoms with E-state index in [1.165, 1.54) is 18.4 Å². The average Bonchev–Trinajstić information content (AvgIpc) is 2.89. The monoisotopic (exact) mass is 286 g/mol. The first kappa shape index (κ1) is 12.8. The number of ether oxygens (including phenoxy) is 1. The molecule has 2 heterocycles. The molecule has 1 spiro atoms. The zero-order chi connectivity index (χ0) is 14.2. The normalized spacial score (nSPS) is 38.8. The lowest BCUT2D eigenvalue weighted by molar-refractivity contribution is -0.0727. The third-order valence-electron chi connectivity index (χ3n) is 5.86. The summed E-state index contributed by atoms with van der Waals surface area (Å²) in [5.41, 5.74) is 1.98. The molecule has 0 N–H and O–H groups in total. The van der Waals surface area contributed by atoms with Gasteiger partial charge in [-0.05, 0) is 37.2 Å². The highest BCUT2D eigenvalue weighted by Crippen LogP contribution is 2.63. The fourth-order valence-corrected chi connectivity index (χ4v) is 6.93. The molecule has 1 saturated heterocycles. The number of hydrogen-bond donors (Lipinski definition) is 0. The predicted octanol–water partition coefficient (Wildman–Crippen LogP) is 3.91. The Hall–Kier alpha value is -0.933. The van der Waals surface area contributed by atoms with E-state index in [1.807, 2.05) is 12.1 Å². The number of benzene rings is 1. The summed E-state index contributed by atoms with van der Waals surface area (Å²) in [4.78, 5) is 13.2. The quantitative estimate of drug-likeness (QED) is 0.732. The maximum absolute atomic E-state index is 13.2. The summed E-state index contributed by atoms with van der Waals surface area (Å²) >= 11 is 0. The second-order valence-corrected chi connectivity index (χ2v) is 13.0. The number of hydrogen-bond acceptors (Lipinski definition) is 2. The average molecular weight is 286 g/mol. The van der Waals surface area contributed by atoms with Gasteiger partial charge < -0.3 is 4.74 Å². The Morgan fingerprint density at radius 2 is 2.00 bits per heavy atom. The summed E-state index contributed by atoms with van der Waals surface area (Å²) in [6, 6.07) is 8.21. The zero-order valence-electron chi connectivity index (χ0n) is 12.5. The molecule has 2 nitrogen and oxygen atoms in total. The lowest BCUT2D eigenvalue weighted by Crippen LogP contribution is -2.61. The van der Waals surface area contributed by atoms with Crippen LogP contribution in [0, 0.1) is 5.92 Å². The van der Waals surface area contributed by atoms with Gasteiger partial charge in [0.25, 0.3) is 0 Å². The Morgan fingerprint density at radius 3 is 2.75 bits per heavy atom. The van der Waals surface area contributed by atoms with Gasteiger partial charge in [-0.15, -0.1) is 0 Å². The van der Waals surface area contributed by atoms with Crippen LogP contribution in [-0.2, 0) is 10.3 Å². The standard InChI is InChI=1S/C17H22O2Si/c1-20(2,3)17-11-12-7-6-10-16(12,19-17)14-9-5-4-8-13(14)15(17)18/h4-5,8-9,12H,6-7,10-11H2,1-3H3/t12-,16-,17-/m0/s1. The molecule has 0 unspecified atom stereocenters. The Balaban J connectivity index is 2.01. The molecule has 3 aliphatic rings. The molecule has 20 heavy (non-hydrogen) atoms. The molecular formula is C17H22O2Si. The molecule has 1 aliphatic carbocycles. The highest BCUT2D eigenvalue weighted by Gasteiger charge is 2.69. The Labute approximate surface area is 121 Å². The fraction of sp³-hybridized carbons (Fsp3) is 0.588. The highest BCUT2D eigenvalue weighted by molar-refractivity contribution is 6.82. The minimum absolute atomic E-state index is 0.148. The minimum Gasteiger partial charge on any atom is -0.359 e. The van der Waals surface area contributed by atoms with Crippen LogP contribution in [0.3, 0.4) is 0 Å². The number of carbonyl (C=O) groups is 1. The van der Waals surface area contributed by atoms with E-state index >= 15 is 0 Å². The van der Waals surface area contributed by atoms with E-state index in [4.69, 9.17) is 4.74 Å². The molecule has 1 saturated carbocycles. The van der Waals surface area contributed by atoms with Crippen LogP contribution >= 0.6 is 0 Å². The van der Waals surface area contributed by atoms with Crippen molar-refractivity contribution in [2.75, 3.05) is 0 Å². The van der Waals surface area contributed by atoms with Crippen molar-refractivity contribution >= 4 is 13.9 Å². The number of Topliss-reactive ketones (excluding diaryl/α,β-unsaturated/α-hetero) is 1. The molecule has 0 radical (unpaired) electrons. The second-order valence-electron chi connectivity index (χ2n) is 7.74. The molecule has 3 heteroatoms. The van der Waals surface area contributed by atoms with Crippen LogP contribution in [0.4, 0.5) is 0 Å². The first-order chi connectivity index (χ1) is 9.41. The van der Waals surface area contributed by atoms with Gasteiger partial charge >= 0.3 is 0 Å². The van der Waals surface area contributed by atoms with Crippen molar-refractivity contribution in [3.63, 3.8) is 0 Å². The van der Waals surface area contributed by atoms with E-state index in [-0.39, 0.29) is 11.4 Å². The molecule has 4 rings (SSSR count). The molecule has 2 bridgehead atoms. The molecule has 2 fully saturated rings. The first-order valence-corrected chi connectivity index (χ1v) is 11.3. The summed E-state index contributed by atoms with van der Waals surface area (Å²) < 4.78 is 6.71. The van der Waals surface area contributed by atoms with E-state index in [0.717, 1.165) is 18.4 Å². The number of ketones is 1. The van der Waals surface area contributed by atoms with Crippen molar-refractivity contribution in [2.45, 2.75) is 56.1 Å². The maximum atomic E-state index is 13.2. The van der Waals surface area contributed by atoms with Crippen molar-refractivity contribution < 1.29 is 9.53 Å². The Kier molecular flexibility index (Phi) is 2.32. The smallest absolute Gasteiger partial charge is 0.191 e. The van der Waals surface area contributed by atoms with Gasteiger partial charge in [0.15, 0.2) is 5.78 Å². The van der Waals surface area contributed by atoms with Crippen LogP contribution in [0.15, 0.2) is 24.3 Å². The van der Waals surface area contributed by atoms with Gasteiger partial charge in [-0.2, -0.15) is 0 Å². The summed E-state index contributed by atoms with van der Waals surface area (Å²) in [6.07, 6.45) is 4.49. The van der Waals surface area contributed by atoms with Crippen molar-refractivity contribution in [1.82, 2.24) is 0 Å². The van der Waals surface area contributed by atoms with Crippen LogP contribution in [-0.4, -0.2) is 19.1 Å². The molecule has 106 valence electrons. The Bertz CT molecular complexity index is 603. The van der Waals surface area contributed by atoms with E-state index in [2.05, 4.69) is 31.8 Å². The molecule has 2 aliphatic heterocycles.